The number of nitrogens with zero attached hydrogens (tertiary/aromatic N) is 3. The number of hydrogen-bond donors (Lipinski definition) is 0. The topological polar surface area (TPSA) is 47.9 Å². The molecule has 0 saturated carbocycles. The van der Waals surface area contributed by atoms with Crippen LogP contribution in [0, 0.1) is 0 Å². The van der Waals surface area contributed by atoms with Crippen LogP contribution in [-0.4, -0.2) is 22.1 Å². The highest BCUT2D eigenvalue weighted by molar-refractivity contribution is 5.63. The third-order valence-corrected chi connectivity index (χ3v) is 4.93. The van der Waals surface area contributed by atoms with Crippen LogP contribution in [0.3, 0.4) is 0 Å². The van der Waals surface area contributed by atoms with Crippen LogP contribution in [0.4, 0.5) is 0 Å². The predicted octanol–water partition coefficient (Wildman–Crippen LogP) is 6.12. The maximum absolute atomic E-state index is 5.20. The Morgan fingerprint density at radius 1 is 0.714 bits per heavy atom. The zero-order valence-corrected chi connectivity index (χ0v) is 16.9. The molecule has 0 aliphatic heterocycles. The van der Waals surface area contributed by atoms with Gasteiger partial charge in [0.2, 0.25) is 0 Å². The Kier molecular flexibility index (Phi) is 7.53. The summed E-state index contributed by atoms with van der Waals surface area (Å²) in [6.45, 7) is 2.25. The number of ether oxygens (including phenoxy) is 1. The van der Waals surface area contributed by atoms with E-state index in [1.807, 2.05) is 55.0 Å². The van der Waals surface area contributed by atoms with E-state index in [9.17, 15) is 0 Å². The molecule has 0 bridgehead atoms. The first-order valence-electron chi connectivity index (χ1n) is 10.2. The molecular formula is C24H29N3O. The van der Waals surface area contributed by atoms with Gasteiger partial charge in [0.05, 0.1) is 12.8 Å². The van der Waals surface area contributed by atoms with Crippen molar-refractivity contribution in [2.45, 2.75) is 51.9 Å². The predicted molar refractivity (Wildman–Crippen MR) is 114 cm³/mol. The summed E-state index contributed by atoms with van der Waals surface area (Å²) in [5, 5.41) is 0. The van der Waals surface area contributed by atoms with Crippen LogP contribution in [0.5, 0.6) is 5.75 Å². The zero-order chi connectivity index (χ0) is 19.6. The fraction of sp³-hybridized carbons (Fsp3) is 0.375. The number of aromatic nitrogens is 3. The summed E-state index contributed by atoms with van der Waals surface area (Å²) in [5.41, 5.74) is 4.12. The van der Waals surface area contributed by atoms with E-state index >= 15 is 0 Å². The second-order valence-electron chi connectivity index (χ2n) is 7.09. The quantitative estimate of drug-likeness (QED) is 0.401. The van der Waals surface area contributed by atoms with Crippen LogP contribution in [0.15, 0.2) is 55.0 Å². The van der Waals surface area contributed by atoms with Gasteiger partial charge in [0, 0.05) is 29.7 Å². The van der Waals surface area contributed by atoms with Crippen molar-refractivity contribution in [1.82, 2.24) is 15.0 Å². The average Bonchev–Trinajstić information content (AvgIpc) is 2.77. The summed E-state index contributed by atoms with van der Waals surface area (Å²) in [5.74, 6) is 1.57. The first kappa shape index (κ1) is 20.0. The van der Waals surface area contributed by atoms with Crippen molar-refractivity contribution in [3.8, 4) is 28.4 Å². The van der Waals surface area contributed by atoms with Crippen LogP contribution in [0.25, 0.3) is 22.6 Å². The summed E-state index contributed by atoms with van der Waals surface area (Å²) < 4.78 is 5.20. The van der Waals surface area contributed by atoms with Crippen molar-refractivity contribution < 1.29 is 4.74 Å². The lowest BCUT2D eigenvalue weighted by molar-refractivity contribution is 0.415. The van der Waals surface area contributed by atoms with Crippen molar-refractivity contribution in [3.63, 3.8) is 0 Å². The molecule has 2 heterocycles. The maximum atomic E-state index is 5.20. The fourth-order valence-corrected chi connectivity index (χ4v) is 3.20. The highest BCUT2D eigenvalue weighted by atomic mass is 16.5. The summed E-state index contributed by atoms with van der Waals surface area (Å²) in [7, 11) is 1.67. The van der Waals surface area contributed by atoms with E-state index < -0.39 is 0 Å². The lowest BCUT2D eigenvalue weighted by atomic mass is 10.1. The van der Waals surface area contributed by atoms with E-state index in [0.29, 0.717) is 0 Å². The number of hydrogen-bond acceptors (Lipinski definition) is 4. The highest BCUT2D eigenvalue weighted by Gasteiger charge is 2.05. The second-order valence-corrected chi connectivity index (χ2v) is 7.09. The van der Waals surface area contributed by atoms with Crippen LogP contribution in [0.1, 0.15) is 51.0 Å². The van der Waals surface area contributed by atoms with Gasteiger partial charge in [0.15, 0.2) is 5.82 Å². The molecule has 3 aromatic rings. The minimum atomic E-state index is 0.723. The highest BCUT2D eigenvalue weighted by Crippen LogP contribution is 2.22. The number of unbranched alkanes of at least 4 members (excludes halogenated alkanes) is 5. The maximum Gasteiger partial charge on any atom is 0.160 e. The number of methoxy groups -OCH3 is 1. The van der Waals surface area contributed by atoms with Crippen LogP contribution < -0.4 is 4.74 Å². The molecule has 0 aliphatic rings. The van der Waals surface area contributed by atoms with Gasteiger partial charge in [-0.3, -0.25) is 4.98 Å². The molecular weight excluding hydrogens is 346 g/mol. The summed E-state index contributed by atoms with van der Waals surface area (Å²) >= 11 is 0. The molecule has 0 saturated heterocycles. The third kappa shape index (κ3) is 5.62. The second kappa shape index (κ2) is 10.5. The number of benzene rings is 1. The van der Waals surface area contributed by atoms with Gasteiger partial charge in [-0.2, -0.15) is 0 Å². The summed E-state index contributed by atoms with van der Waals surface area (Å²) in [6, 6.07) is 11.9. The fourth-order valence-electron chi connectivity index (χ4n) is 3.20. The number of aryl methyl sites for hydroxylation is 1. The first-order valence-corrected chi connectivity index (χ1v) is 10.2. The van der Waals surface area contributed by atoms with E-state index in [1.165, 1.54) is 44.1 Å². The molecule has 0 unspecified atom stereocenters. The Labute approximate surface area is 168 Å². The Morgan fingerprint density at radius 2 is 1.39 bits per heavy atom. The first-order chi connectivity index (χ1) is 13.8. The van der Waals surface area contributed by atoms with Crippen LogP contribution >= 0.6 is 0 Å². The van der Waals surface area contributed by atoms with E-state index in [4.69, 9.17) is 4.74 Å². The summed E-state index contributed by atoms with van der Waals surface area (Å²) in [4.78, 5) is 13.6. The monoisotopic (exact) mass is 375 g/mol. The number of rotatable bonds is 10. The normalized spacial score (nSPS) is 10.8. The molecule has 0 N–H and O–H groups in total. The molecule has 0 radical (unpaired) electrons. The molecule has 4 nitrogen and oxygen atoms in total. The minimum Gasteiger partial charge on any atom is -0.497 e. The van der Waals surface area contributed by atoms with Crippen molar-refractivity contribution >= 4 is 0 Å². The van der Waals surface area contributed by atoms with Gasteiger partial charge in [-0.1, -0.05) is 39.0 Å². The van der Waals surface area contributed by atoms with Crippen LogP contribution in [-0.2, 0) is 6.42 Å². The standard InChI is InChI=1S/C24H29N3O/c1-3-4-5-6-7-8-9-19-16-26-24(27-17-19)21-12-15-23(25-18-21)20-10-13-22(28-2)14-11-20/h10-18H,3-9H2,1-2H3. The molecule has 0 amide bonds. The average molecular weight is 376 g/mol. The largest absolute Gasteiger partial charge is 0.497 e. The van der Waals surface area contributed by atoms with Crippen molar-refractivity contribution in [3.05, 3.63) is 60.6 Å². The van der Waals surface area contributed by atoms with Gasteiger partial charge in [-0.15, -0.1) is 0 Å². The molecule has 0 atom stereocenters. The molecule has 4 heteroatoms. The van der Waals surface area contributed by atoms with Gasteiger partial charge in [-0.25, -0.2) is 9.97 Å². The van der Waals surface area contributed by atoms with E-state index in [1.54, 1.807) is 7.11 Å². The van der Waals surface area contributed by atoms with Crippen molar-refractivity contribution in [1.29, 1.82) is 0 Å². The minimum absolute atomic E-state index is 0.723. The van der Waals surface area contributed by atoms with E-state index in [0.717, 1.165) is 34.8 Å². The molecule has 0 aliphatic carbocycles. The van der Waals surface area contributed by atoms with Crippen LogP contribution in [0.2, 0.25) is 0 Å². The molecule has 0 spiro atoms. The van der Waals surface area contributed by atoms with E-state index in [-0.39, 0.29) is 0 Å². The summed E-state index contributed by atoms with van der Waals surface area (Å²) in [6.07, 6.45) is 14.6. The molecule has 2 aromatic heterocycles. The van der Waals surface area contributed by atoms with Gasteiger partial charge < -0.3 is 4.74 Å². The van der Waals surface area contributed by atoms with Gasteiger partial charge in [0.1, 0.15) is 5.75 Å². The molecule has 1 aromatic carbocycles. The smallest absolute Gasteiger partial charge is 0.160 e. The lowest BCUT2D eigenvalue weighted by Crippen LogP contribution is -1.94. The Balaban J connectivity index is 1.56. The van der Waals surface area contributed by atoms with Gasteiger partial charge in [-0.05, 0) is 54.8 Å². The molecule has 146 valence electrons. The van der Waals surface area contributed by atoms with Gasteiger partial charge in [0.25, 0.3) is 0 Å². The molecule has 28 heavy (non-hydrogen) atoms. The lowest BCUT2D eigenvalue weighted by Gasteiger charge is -2.05. The van der Waals surface area contributed by atoms with E-state index in [2.05, 4.69) is 21.9 Å². The van der Waals surface area contributed by atoms with Crippen molar-refractivity contribution in [2.75, 3.05) is 7.11 Å². The third-order valence-electron chi connectivity index (χ3n) is 4.93. The SMILES string of the molecule is CCCCCCCCc1cnc(-c2ccc(-c3ccc(OC)cc3)nc2)nc1. The Bertz CT molecular complexity index is 827. The molecule has 3 rings (SSSR count). The van der Waals surface area contributed by atoms with Gasteiger partial charge >= 0.3 is 0 Å². The Morgan fingerprint density at radius 3 is 2.04 bits per heavy atom. The zero-order valence-electron chi connectivity index (χ0n) is 16.9. The Hall–Kier alpha value is -2.75. The molecule has 0 fully saturated rings. The van der Waals surface area contributed by atoms with Crippen molar-refractivity contribution in [2.24, 2.45) is 0 Å². The number of pyridine rings is 1.